The van der Waals surface area contributed by atoms with Crippen LogP contribution in [0.15, 0.2) is 65.6 Å². The van der Waals surface area contributed by atoms with E-state index in [4.69, 9.17) is 32.7 Å². The smallest absolute Gasteiger partial charge is 0.264 e. The van der Waals surface area contributed by atoms with Crippen LogP contribution in [0.4, 0.5) is 5.69 Å². The number of ether oxygens (including phenoxy) is 2. The second-order valence-corrected chi connectivity index (χ2v) is 12.5. The van der Waals surface area contributed by atoms with Crippen LogP contribution in [0.3, 0.4) is 0 Å². The van der Waals surface area contributed by atoms with Crippen LogP contribution in [-0.4, -0.2) is 58.5 Å². The maximum atomic E-state index is 14.2. The van der Waals surface area contributed by atoms with Gasteiger partial charge in [0, 0.05) is 34.8 Å². The molecule has 43 heavy (non-hydrogen) atoms. The minimum absolute atomic E-state index is 0.00545. The molecular weight excluding hydrogens is 613 g/mol. The fourth-order valence-corrected chi connectivity index (χ4v) is 6.41. The molecule has 0 saturated carbocycles. The zero-order valence-corrected chi connectivity index (χ0v) is 27.2. The van der Waals surface area contributed by atoms with E-state index in [1.54, 1.807) is 43.3 Å². The van der Waals surface area contributed by atoms with Gasteiger partial charge in [-0.15, -0.1) is 0 Å². The second-order valence-electron chi connectivity index (χ2n) is 9.80. The van der Waals surface area contributed by atoms with Gasteiger partial charge in [0.2, 0.25) is 11.8 Å². The first-order chi connectivity index (χ1) is 20.5. The third-order valence-electron chi connectivity index (χ3n) is 6.87. The summed E-state index contributed by atoms with van der Waals surface area (Å²) in [4.78, 5) is 28.8. The molecular formula is C31H37Cl2N3O6S. The summed E-state index contributed by atoms with van der Waals surface area (Å²) in [6.07, 6.45) is 0.971. The van der Waals surface area contributed by atoms with Crippen LogP contribution < -0.4 is 19.1 Å². The van der Waals surface area contributed by atoms with Crippen molar-refractivity contribution < 1.29 is 27.5 Å². The SMILES string of the molecule is CCCNC(=O)[C@@H](CC)N(Cc1c(Cl)cccc1Cl)C(=O)CN(c1ccc(OC)c(OC)c1)S(=O)(=O)c1ccc(C)cc1. The van der Waals surface area contributed by atoms with Gasteiger partial charge >= 0.3 is 0 Å². The highest BCUT2D eigenvalue weighted by atomic mass is 35.5. The zero-order chi connectivity index (χ0) is 31.7. The average Bonchev–Trinajstić information content (AvgIpc) is 2.99. The van der Waals surface area contributed by atoms with E-state index in [0.29, 0.717) is 34.3 Å². The molecule has 0 aliphatic heterocycles. The van der Waals surface area contributed by atoms with Crippen LogP contribution in [0.5, 0.6) is 11.5 Å². The summed E-state index contributed by atoms with van der Waals surface area (Å²) in [5, 5.41) is 3.48. The molecule has 0 radical (unpaired) electrons. The first kappa shape index (κ1) is 34.0. The highest BCUT2D eigenvalue weighted by Crippen LogP contribution is 2.34. The molecule has 2 amide bonds. The molecule has 0 fully saturated rings. The van der Waals surface area contributed by atoms with E-state index < -0.39 is 28.5 Å². The Hall–Kier alpha value is -3.47. The minimum Gasteiger partial charge on any atom is -0.493 e. The van der Waals surface area contributed by atoms with Crippen molar-refractivity contribution in [1.29, 1.82) is 0 Å². The molecule has 0 heterocycles. The van der Waals surface area contributed by atoms with Crippen molar-refractivity contribution in [2.24, 2.45) is 0 Å². The zero-order valence-electron chi connectivity index (χ0n) is 24.9. The Labute approximate surface area is 263 Å². The summed E-state index contributed by atoms with van der Waals surface area (Å²) in [5.74, 6) is -0.319. The molecule has 12 heteroatoms. The molecule has 0 aliphatic rings. The van der Waals surface area contributed by atoms with Crippen molar-refractivity contribution >= 4 is 50.7 Å². The van der Waals surface area contributed by atoms with Crippen LogP contribution in [0.25, 0.3) is 0 Å². The summed E-state index contributed by atoms with van der Waals surface area (Å²) in [6.45, 7) is 5.23. The van der Waals surface area contributed by atoms with Gasteiger partial charge in [-0.3, -0.25) is 13.9 Å². The molecule has 1 atom stereocenters. The topological polar surface area (TPSA) is 105 Å². The van der Waals surface area contributed by atoms with Crippen molar-refractivity contribution in [2.45, 2.75) is 51.1 Å². The molecule has 0 aromatic heterocycles. The Kier molecular flexibility index (Phi) is 12.1. The predicted molar refractivity (Wildman–Crippen MR) is 170 cm³/mol. The van der Waals surface area contributed by atoms with E-state index in [1.165, 1.54) is 43.4 Å². The number of nitrogens with one attached hydrogen (secondary N) is 1. The third kappa shape index (κ3) is 8.13. The third-order valence-corrected chi connectivity index (χ3v) is 9.36. The number of sulfonamides is 1. The number of benzene rings is 3. The molecule has 0 unspecified atom stereocenters. The number of hydrogen-bond acceptors (Lipinski definition) is 6. The number of rotatable bonds is 14. The maximum absolute atomic E-state index is 14.2. The lowest BCUT2D eigenvalue weighted by Crippen LogP contribution is -2.52. The lowest BCUT2D eigenvalue weighted by molar-refractivity contribution is -0.140. The quantitative estimate of drug-likeness (QED) is 0.235. The van der Waals surface area contributed by atoms with Gasteiger partial charge in [-0.25, -0.2) is 8.42 Å². The Morgan fingerprint density at radius 3 is 2.12 bits per heavy atom. The summed E-state index contributed by atoms with van der Waals surface area (Å²) in [5.41, 5.74) is 1.49. The van der Waals surface area contributed by atoms with Gasteiger partial charge < -0.3 is 19.7 Å². The molecule has 0 saturated heterocycles. The molecule has 3 aromatic rings. The summed E-state index contributed by atoms with van der Waals surface area (Å²) < 4.78 is 39.9. The van der Waals surface area contributed by atoms with Crippen LogP contribution in [-0.2, 0) is 26.2 Å². The van der Waals surface area contributed by atoms with E-state index in [9.17, 15) is 18.0 Å². The fraction of sp³-hybridized carbons (Fsp3) is 0.355. The van der Waals surface area contributed by atoms with Gasteiger partial charge in [0.05, 0.1) is 24.8 Å². The van der Waals surface area contributed by atoms with E-state index in [1.807, 2.05) is 13.8 Å². The maximum Gasteiger partial charge on any atom is 0.264 e. The van der Waals surface area contributed by atoms with Crippen LogP contribution >= 0.6 is 23.2 Å². The van der Waals surface area contributed by atoms with Crippen molar-refractivity contribution in [3.8, 4) is 11.5 Å². The molecule has 9 nitrogen and oxygen atoms in total. The molecule has 1 N–H and O–H groups in total. The Balaban J connectivity index is 2.15. The first-order valence-corrected chi connectivity index (χ1v) is 16.0. The molecule has 3 aromatic carbocycles. The highest BCUT2D eigenvalue weighted by Gasteiger charge is 2.34. The Morgan fingerprint density at radius 1 is 0.930 bits per heavy atom. The molecule has 3 rings (SSSR count). The van der Waals surface area contributed by atoms with Crippen molar-refractivity contribution in [2.75, 3.05) is 31.6 Å². The van der Waals surface area contributed by atoms with Gasteiger partial charge in [0.1, 0.15) is 12.6 Å². The monoisotopic (exact) mass is 649 g/mol. The van der Waals surface area contributed by atoms with Crippen LogP contribution in [0.1, 0.15) is 37.8 Å². The molecule has 0 aliphatic carbocycles. The number of amides is 2. The fourth-order valence-electron chi connectivity index (χ4n) is 4.49. The Morgan fingerprint density at radius 2 is 1.56 bits per heavy atom. The lowest BCUT2D eigenvalue weighted by Gasteiger charge is -2.33. The van der Waals surface area contributed by atoms with Gasteiger partial charge in [0.15, 0.2) is 11.5 Å². The van der Waals surface area contributed by atoms with E-state index >= 15 is 0 Å². The van der Waals surface area contributed by atoms with Crippen LogP contribution in [0.2, 0.25) is 10.0 Å². The number of carbonyl (C=O) groups excluding carboxylic acids is 2. The van der Waals surface area contributed by atoms with E-state index in [-0.39, 0.29) is 35.2 Å². The summed E-state index contributed by atoms with van der Waals surface area (Å²) in [7, 11) is -1.36. The highest BCUT2D eigenvalue weighted by molar-refractivity contribution is 7.92. The average molecular weight is 651 g/mol. The summed E-state index contributed by atoms with van der Waals surface area (Å²) in [6, 6.07) is 14.9. The Bertz CT molecular complexity index is 1510. The van der Waals surface area contributed by atoms with E-state index in [2.05, 4.69) is 5.32 Å². The predicted octanol–water partition coefficient (Wildman–Crippen LogP) is 5.85. The van der Waals surface area contributed by atoms with Crippen molar-refractivity contribution in [1.82, 2.24) is 10.2 Å². The largest absolute Gasteiger partial charge is 0.493 e. The lowest BCUT2D eigenvalue weighted by atomic mass is 10.1. The number of halogens is 2. The molecule has 0 bridgehead atoms. The normalized spacial score (nSPS) is 11.9. The first-order valence-electron chi connectivity index (χ1n) is 13.8. The number of aryl methyl sites for hydroxylation is 1. The minimum atomic E-state index is -4.26. The second kappa shape index (κ2) is 15.3. The van der Waals surface area contributed by atoms with Gasteiger partial charge in [-0.1, -0.05) is 60.8 Å². The van der Waals surface area contributed by atoms with Crippen LogP contribution in [0, 0.1) is 6.92 Å². The molecule has 232 valence electrons. The summed E-state index contributed by atoms with van der Waals surface area (Å²) >= 11 is 12.9. The number of nitrogens with zero attached hydrogens (tertiary/aromatic N) is 2. The number of hydrogen-bond donors (Lipinski definition) is 1. The number of methoxy groups -OCH3 is 2. The van der Waals surface area contributed by atoms with Crippen molar-refractivity contribution in [3.63, 3.8) is 0 Å². The number of carbonyl (C=O) groups is 2. The van der Waals surface area contributed by atoms with Gasteiger partial charge in [0.25, 0.3) is 10.0 Å². The van der Waals surface area contributed by atoms with E-state index in [0.717, 1.165) is 9.87 Å². The van der Waals surface area contributed by atoms with Crippen molar-refractivity contribution in [3.05, 3.63) is 81.8 Å². The standard InChI is InChI=1S/C31H37Cl2N3O6S/c1-6-17-34-31(38)27(7-2)35(19-24-25(32)9-8-10-26(24)33)30(37)20-36(22-13-16-28(41-4)29(18-22)42-5)43(39,40)23-14-11-21(3)12-15-23/h8-16,18,27H,6-7,17,19-20H2,1-5H3,(H,34,38)/t27-/m1/s1. The van der Waals surface area contributed by atoms with Gasteiger partial charge in [-0.2, -0.15) is 0 Å². The van der Waals surface area contributed by atoms with Gasteiger partial charge in [-0.05, 0) is 56.2 Å². The number of anilines is 1. The molecule has 0 spiro atoms.